The molecule has 4 aromatic rings. The maximum atomic E-state index is 13.2. The van der Waals surface area contributed by atoms with E-state index in [1.54, 1.807) is 13.3 Å². The number of aliphatic carboxylic acids is 1. The van der Waals surface area contributed by atoms with Crippen molar-refractivity contribution in [2.45, 2.75) is 31.6 Å². The highest BCUT2D eigenvalue weighted by molar-refractivity contribution is 6.09. The number of benzene rings is 3. The maximum absolute atomic E-state index is 13.2. The zero-order chi connectivity index (χ0) is 36.3. The van der Waals surface area contributed by atoms with Crippen LogP contribution in [-0.2, 0) is 11.3 Å². The lowest BCUT2D eigenvalue weighted by atomic mass is 10.0. The van der Waals surface area contributed by atoms with Crippen LogP contribution in [0.2, 0.25) is 0 Å². The van der Waals surface area contributed by atoms with Crippen LogP contribution in [0.3, 0.4) is 0 Å². The van der Waals surface area contributed by atoms with Crippen molar-refractivity contribution in [3.05, 3.63) is 95.7 Å². The number of piperidine rings is 1. The predicted octanol–water partition coefficient (Wildman–Crippen LogP) is 5.31. The number of hydrogen-bond acceptors (Lipinski definition) is 8. The normalized spacial score (nSPS) is 13.7. The second kappa shape index (κ2) is 17.4. The molecule has 1 aromatic heterocycles. The van der Waals surface area contributed by atoms with Crippen LogP contribution in [0.5, 0.6) is 5.75 Å². The number of halogens is 3. The number of rotatable bonds is 11. The first-order chi connectivity index (χ1) is 23.8. The van der Waals surface area contributed by atoms with Gasteiger partial charge in [0.1, 0.15) is 11.3 Å². The largest absolute Gasteiger partial charge is 0.494 e. The Hall–Kier alpha value is -5.21. The average Bonchev–Trinajstić information content (AvgIpc) is 3.09. The summed E-state index contributed by atoms with van der Waals surface area (Å²) in [5, 5.41) is 17.5. The highest BCUT2D eigenvalue weighted by Gasteiger charge is 2.38. The number of anilines is 2. The fourth-order valence-corrected chi connectivity index (χ4v) is 5.35. The van der Waals surface area contributed by atoms with E-state index in [4.69, 9.17) is 14.6 Å². The number of amides is 2. The second-order valence-electron chi connectivity index (χ2n) is 12.0. The van der Waals surface area contributed by atoms with Gasteiger partial charge in [0.05, 0.1) is 18.4 Å². The van der Waals surface area contributed by atoms with E-state index in [2.05, 4.69) is 50.1 Å². The molecule has 2 heterocycles. The lowest BCUT2D eigenvalue weighted by Gasteiger charge is -2.32. The third-order valence-electron chi connectivity index (χ3n) is 8.00. The Balaban J connectivity index is 0.000000727. The third-order valence-corrected chi connectivity index (χ3v) is 8.00. The van der Waals surface area contributed by atoms with E-state index in [1.807, 2.05) is 67.5 Å². The van der Waals surface area contributed by atoms with Gasteiger partial charge in [0.25, 0.3) is 11.8 Å². The van der Waals surface area contributed by atoms with E-state index < -0.39 is 12.1 Å². The Morgan fingerprint density at radius 2 is 1.62 bits per heavy atom. The summed E-state index contributed by atoms with van der Waals surface area (Å²) in [6.45, 7) is 4.09. The molecule has 0 radical (unpaired) electrons. The van der Waals surface area contributed by atoms with Crippen LogP contribution < -0.4 is 20.7 Å². The lowest BCUT2D eigenvalue weighted by molar-refractivity contribution is -0.192. The molecule has 0 spiro atoms. The minimum atomic E-state index is -5.08. The number of aromatic nitrogens is 1. The first kappa shape index (κ1) is 37.6. The first-order valence-corrected chi connectivity index (χ1v) is 16.0. The van der Waals surface area contributed by atoms with Crippen LogP contribution in [-0.4, -0.2) is 97.3 Å². The van der Waals surface area contributed by atoms with Gasteiger partial charge in [-0.2, -0.15) is 13.2 Å². The Bertz CT molecular complexity index is 1750. The van der Waals surface area contributed by atoms with Gasteiger partial charge in [0.15, 0.2) is 0 Å². The zero-order valence-corrected chi connectivity index (χ0v) is 28.1. The Labute approximate surface area is 288 Å². The van der Waals surface area contributed by atoms with Crippen LogP contribution in [0.1, 0.15) is 39.1 Å². The zero-order valence-electron chi connectivity index (χ0n) is 28.1. The summed E-state index contributed by atoms with van der Waals surface area (Å²) in [5.41, 5.74) is 4.38. The van der Waals surface area contributed by atoms with E-state index in [-0.39, 0.29) is 17.9 Å². The van der Waals surface area contributed by atoms with Gasteiger partial charge in [-0.1, -0.05) is 42.5 Å². The number of nitrogens with one attached hydrogen (secondary N) is 3. The number of carboxylic acids is 1. The summed E-state index contributed by atoms with van der Waals surface area (Å²) in [5.74, 6) is -2.42. The number of hydrogen-bond donors (Lipinski definition) is 4. The Morgan fingerprint density at radius 3 is 2.22 bits per heavy atom. The van der Waals surface area contributed by atoms with Gasteiger partial charge in [0.2, 0.25) is 0 Å². The molecule has 0 unspecified atom stereocenters. The van der Waals surface area contributed by atoms with Crippen molar-refractivity contribution in [1.82, 2.24) is 25.4 Å². The van der Waals surface area contributed by atoms with Gasteiger partial charge in [-0.3, -0.25) is 19.5 Å². The molecule has 0 saturated carbocycles. The van der Waals surface area contributed by atoms with Gasteiger partial charge in [-0.05, 0) is 62.8 Å². The molecular formula is C36H41F3N6O5. The minimum absolute atomic E-state index is 0.0758. The van der Waals surface area contributed by atoms with Crippen LogP contribution in [0.15, 0.2) is 79.0 Å². The summed E-state index contributed by atoms with van der Waals surface area (Å²) in [7, 11) is 5.52. The lowest BCUT2D eigenvalue weighted by Crippen LogP contribution is -2.44. The van der Waals surface area contributed by atoms with Crippen molar-refractivity contribution in [2.24, 2.45) is 0 Å². The molecule has 1 aliphatic heterocycles. The highest BCUT2D eigenvalue weighted by Crippen LogP contribution is 2.33. The molecule has 3 aromatic carbocycles. The van der Waals surface area contributed by atoms with Gasteiger partial charge in [0, 0.05) is 61.6 Å². The molecule has 1 saturated heterocycles. The molecule has 14 heteroatoms. The number of fused-ring (bicyclic) bond motifs is 1. The summed E-state index contributed by atoms with van der Waals surface area (Å²) in [6.07, 6.45) is -1.66. The maximum Gasteiger partial charge on any atom is 0.490 e. The number of pyridine rings is 1. The number of alkyl halides is 3. The van der Waals surface area contributed by atoms with E-state index in [1.165, 1.54) is 5.56 Å². The standard InChI is InChI=1S/C34H40N6O3.C2HF3O2/c1-39(2)21-18-35-34(42)29-22-36-32-28(10-7-11-30(32)43-3)31(29)37-26-14-12-25(13-15-26)33(41)38-27-16-19-40(20-17-27)23-24-8-5-4-6-9-24;3-2(4,5)1(6)7/h4-15,22,27H,16-21,23H2,1-3H3,(H,35,42)(H,36,37)(H,38,41);(H,6,7). The Kier molecular flexibility index (Phi) is 13.1. The van der Waals surface area contributed by atoms with E-state index in [9.17, 15) is 22.8 Å². The molecule has 50 heavy (non-hydrogen) atoms. The van der Waals surface area contributed by atoms with Gasteiger partial charge < -0.3 is 30.7 Å². The number of para-hydroxylation sites is 1. The van der Waals surface area contributed by atoms with Crippen molar-refractivity contribution in [1.29, 1.82) is 0 Å². The quantitative estimate of drug-likeness (QED) is 0.165. The predicted molar refractivity (Wildman–Crippen MR) is 185 cm³/mol. The van der Waals surface area contributed by atoms with E-state index in [0.717, 1.165) is 50.1 Å². The summed E-state index contributed by atoms with van der Waals surface area (Å²) < 4.78 is 37.3. The van der Waals surface area contributed by atoms with Crippen LogP contribution in [0, 0.1) is 0 Å². The topological polar surface area (TPSA) is 136 Å². The summed E-state index contributed by atoms with van der Waals surface area (Å²) in [6, 6.07) is 23.6. The second-order valence-corrected chi connectivity index (χ2v) is 12.0. The van der Waals surface area contributed by atoms with Gasteiger partial charge in [-0.15, -0.1) is 0 Å². The molecule has 0 atom stereocenters. The number of carbonyl (C=O) groups is 3. The number of carboxylic acid groups (broad SMARTS) is 1. The number of carbonyl (C=O) groups excluding carboxylic acids is 2. The molecule has 0 bridgehead atoms. The fourth-order valence-electron chi connectivity index (χ4n) is 5.35. The van der Waals surface area contributed by atoms with Crippen molar-refractivity contribution in [2.75, 3.05) is 52.7 Å². The summed E-state index contributed by atoms with van der Waals surface area (Å²) >= 11 is 0. The number of ether oxygens (including phenoxy) is 1. The smallest absolute Gasteiger partial charge is 0.490 e. The van der Waals surface area contributed by atoms with Gasteiger partial charge in [-0.25, -0.2) is 4.79 Å². The van der Waals surface area contributed by atoms with E-state index >= 15 is 0 Å². The number of nitrogens with zero attached hydrogens (tertiary/aromatic N) is 3. The minimum Gasteiger partial charge on any atom is -0.494 e. The van der Waals surface area contributed by atoms with Crippen LogP contribution in [0.4, 0.5) is 24.5 Å². The molecule has 1 aliphatic rings. The molecule has 2 amide bonds. The van der Waals surface area contributed by atoms with Gasteiger partial charge >= 0.3 is 12.1 Å². The monoisotopic (exact) mass is 694 g/mol. The van der Waals surface area contributed by atoms with Crippen LogP contribution in [0.25, 0.3) is 10.9 Å². The highest BCUT2D eigenvalue weighted by atomic mass is 19.4. The molecule has 5 rings (SSSR count). The number of likely N-dealkylation sites (N-methyl/N-ethyl adjacent to an activating group) is 1. The van der Waals surface area contributed by atoms with Crippen molar-refractivity contribution in [3.8, 4) is 5.75 Å². The third kappa shape index (κ3) is 10.6. The Morgan fingerprint density at radius 1 is 0.960 bits per heavy atom. The molecule has 4 N–H and O–H groups in total. The number of likely N-dealkylation sites (tertiary alicyclic amines) is 1. The SMILES string of the molecule is COc1cccc2c(Nc3ccc(C(=O)NC4CCN(Cc5ccccc5)CC4)cc3)c(C(=O)NCCN(C)C)cnc12.O=C(O)C(F)(F)F. The average molecular weight is 695 g/mol. The molecular weight excluding hydrogens is 653 g/mol. The summed E-state index contributed by atoms with van der Waals surface area (Å²) in [4.78, 5) is 44.1. The van der Waals surface area contributed by atoms with Crippen LogP contribution >= 0.6 is 0 Å². The van der Waals surface area contributed by atoms with Crippen molar-refractivity contribution in [3.63, 3.8) is 0 Å². The van der Waals surface area contributed by atoms with Crippen molar-refractivity contribution < 1.29 is 37.4 Å². The van der Waals surface area contributed by atoms with Crippen molar-refractivity contribution >= 4 is 40.1 Å². The molecule has 0 aliphatic carbocycles. The number of methoxy groups -OCH3 is 1. The molecule has 266 valence electrons. The van der Waals surface area contributed by atoms with E-state index in [0.29, 0.717) is 34.6 Å². The molecule has 1 fully saturated rings. The first-order valence-electron chi connectivity index (χ1n) is 16.0. The molecule has 11 nitrogen and oxygen atoms in total. The fraction of sp³-hybridized carbons (Fsp3) is 0.333.